The summed E-state index contributed by atoms with van der Waals surface area (Å²) in [7, 11) is 0. The summed E-state index contributed by atoms with van der Waals surface area (Å²) in [5, 5.41) is 0. The van der Waals surface area contributed by atoms with Crippen molar-refractivity contribution in [1.82, 2.24) is 4.90 Å². The molecule has 0 bridgehead atoms. The fourth-order valence-electron chi connectivity index (χ4n) is 1.57. The first kappa shape index (κ1) is 9.89. The molecule has 1 atom stereocenters. The number of hydrogen-bond acceptors (Lipinski definition) is 3. The molecule has 0 aromatic carbocycles. The highest BCUT2D eigenvalue weighted by molar-refractivity contribution is 6.02. The van der Waals surface area contributed by atoms with Gasteiger partial charge in [0.2, 0.25) is 11.8 Å². The highest BCUT2D eigenvalue weighted by atomic mass is 16.2. The number of imide groups is 1. The molecular weight excluding hydrogens is 170 g/mol. The predicted octanol–water partition coefficient (Wildman–Crippen LogP) is 0.503. The number of carbonyl (C=O) groups excluding carboxylic acids is 3. The van der Waals surface area contributed by atoms with Crippen LogP contribution in [0.15, 0.2) is 0 Å². The smallest absolute Gasteiger partial charge is 0.229 e. The average molecular weight is 183 g/mol. The van der Waals surface area contributed by atoms with Crippen LogP contribution in [0.25, 0.3) is 0 Å². The van der Waals surface area contributed by atoms with E-state index in [0.717, 1.165) is 6.29 Å². The minimum absolute atomic E-state index is 0.140. The van der Waals surface area contributed by atoms with Gasteiger partial charge in [0, 0.05) is 25.3 Å². The number of carbonyl (C=O) groups is 3. The molecule has 4 heteroatoms. The Morgan fingerprint density at radius 1 is 1.38 bits per heavy atom. The lowest BCUT2D eigenvalue weighted by atomic mass is 10.1. The summed E-state index contributed by atoms with van der Waals surface area (Å²) in [5.74, 6) is -0.280. The second-order valence-corrected chi connectivity index (χ2v) is 3.12. The van der Waals surface area contributed by atoms with E-state index in [0.29, 0.717) is 19.3 Å². The van der Waals surface area contributed by atoms with Crippen molar-refractivity contribution in [3.05, 3.63) is 0 Å². The molecule has 2 amide bonds. The molecule has 4 nitrogen and oxygen atoms in total. The normalized spacial score (nSPS) is 19.3. The molecule has 0 unspecified atom stereocenters. The molecule has 1 aliphatic rings. The van der Waals surface area contributed by atoms with Crippen LogP contribution in [0.4, 0.5) is 0 Å². The fourth-order valence-corrected chi connectivity index (χ4v) is 1.57. The van der Waals surface area contributed by atoms with Gasteiger partial charge in [0.15, 0.2) is 0 Å². The van der Waals surface area contributed by atoms with E-state index in [4.69, 9.17) is 0 Å². The van der Waals surface area contributed by atoms with Crippen LogP contribution in [0, 0.1) is 0 Å². The first-order valence-electron chi connectivity index (χ1n) is 4.49. The van der Waals surface area contributed by atoms with E-state index in [9.17, 15) is 14.4 Å². The Bertz CT molecular complexity index is 221. The second-order valence-electron chi connectivity index (χ2n) is 3.12. The summed E-state index contributed by atoms with van der Waals surface area (Å²) in [4.78, 5) is 34.0. The second kappa shape index (κ2) is 4.16. The maximum Gasteiger partial charge on any atom is 0.229 e. The molecule has 1 heterocycles. The van der Waals surface area contributed by atoms with Gasteiger partial charge in [0.05, 0.1) is 0 Å². The lowest BCUT2D eigenvalue weighted by Gasteiger charge is -2.22. The molecule has 0 aliphatic carbocycles. The number of aldehydes is 1. The third-order valence-electron chi connectivity index (χ3n) is 2.29. The summed E-state index contributed by atoms with van der Waals surface area (Å²) >= 11 is 0. The maximum atomic E-state index is 11.2. The third kappa shape index (κ3) is 1.94. The van der Waals surface area contributed by atoms with Gasteiger partial charge in [0.1, 0.15) is 6.29 Å². The Labute approximate surface area is 76.9 Å². The Hall–Kier alpha value is -1.19. The number of rotatable bonds is 4. The average Bonchev–Trinajstić information content (AvgIpc) is 2.43. The molecule has 0 aromatic heterocycles. The summed E-state index contributed by atoms with van der Waals surface area (Å²) in [5.41, 5.74) is 0. The number of nitrogens with zero attached hydrogens (tertiary/aromatic N) is 1. The number of amides is 2. The van der Waals surface area contributed by atoms with Crippen LogP contribution in [-0.4, -0.2) is 29.0 Å². The first-order valence-corrected chi connectivity index (χ1v) is 4.49. The fraction of sp³-hybridized carbons (Fsp3) is 0.667. The van der Waals surface area contributed by atoms with Crippen molar-refractivity contribution in [2.75, 3.05) is 0 Å². The predicted molar refractivity (Wildman–Crippen MR) is 45.8 cm³/mol. The Kier molecular flexibility index (Phi) is 3.17. The van der Waals surface area contributed by atoms with Gasteiger partial charge in [0.25, 0.3) is 0 Å². The van der Waals surface area contributed by atoms with Gasteiger partial charge in [-0.2, -0.15) is 0 Å². The van der Waals surface area contributed by atoms with E-state index in [1.54, 1.807) is 0 Å². The van der Waals surface area contributed by atoms with Crippen molar-refractivity contribution >= 4 is 18.1 Å². The van der Waals surface area contributed by atoms with Crippen molar-refractivity contribution < 1.29 is 14.4 Å². The van der Waals surface area contributed by atoms with E-state index in [2.05, 4.69) is 0 Å². The zero-order valence-electron chi connectivity index (χ0n) is 7.66. The number of likely N-dealkylation sites (tertiary alicyclic amines) is 1. The Morgan fingerprint density at radius 2 is 1.92 bits per heavy atom. The van der Waals surface area contributed by atoms with Crippen molar-refractivity contribution in [3.63, 3.8) is 0 Å². The lowest BCUT2D eigenvalue weighted by molar-refractivity contribution is -0.141. The zero-order valence-corrected chi connectivity index (χ0v) is 7.66. The van der Waals surface area contributed by atoms with E-state index in [-0.39, 0.29) is 24.3 Å². The maximum absolute atomic E-state index is 11.2. The van der Waals surface area contributed by atoms with E-state index < -0.39 is 0 Å². The van der Waals surface area contributed by atoms with E-state index >= 15 is 0 Å². The molecular formula is C9H13NO3. The van der Waals surface area contributed by atoms with Crippen LogP contribution in [0.1, 0.15) is 32.6 Å². The molecule has 1 aliphatic heterocycles. The highest BCUT2D eigenvalue weighted by Crippen LogP contribution is 2.18. The van der Waals surface area contributed by atoms with Gasteiger partial charge in [-0.05, 0) is 6.42 Å². The highest BCUT2D eigenvalue weighted by Gasteiger charge is 2.33. The minimum Gasteiger partial charge on any atom is -0.303 e. The van der Waals surface area contributed by atoms with Crippen LogP contribution in [0.3, 0.4) is 0 Å². The van der Waals surface area contributed by atoms with Crippen LogP contribution < -0.4 is 0 Å². The largest absolute Gasteiger partial charge is 0.303 e. The van der Waals surface area contributed by atoms with Gasteiger partial charge in [-0.1, -0.05) is 6.92 Å². The molecule has 1 rings (SSSR count). The van der Waals surface area contributed by atoms with E-state index in [1.165, 1.54) is 4.90 Å². The summed E-state index contributed by atoms with van der Waals surface area (Å²) < 4.78 is 0. The molecule has 0 aromatic rings. The van der Waals surface area contributed by atoms with Gasteiger partial charge in [-0.3, -0.25) is 14.5 Å². The molecule has 72 valence electrons. The first-order chi connectivity index (χ1) is 6.20. The van der Waals surface area contributed by atoms with Gasteiger partial charge >= 0.3 is 0 Å². The minimum atomic E-state index is -0.222. The Balaban J connectivity index is 2.71. The summed E-state index contributed by atoms with van der Waals surface area (Å²) in [6.45, 7) is 1.87. The Morgan fingerprint density at radius 3 is 2.31 bits per heavy atom. The van der Waals surface area contributed by atoms with Crippen LogP contribution in [0.2, 0.25) is 0 Å². The van der Waals surface area contributed by atoms with Crippen molar-refractivity contribution in [2.24, 2.45) is 0 Å². The quantitative estimate of drug-likeness (QED) is 0.471. The van der Waals surface area contributed by atoms with Crippen molar-refractivity contribution in [1.29, 1.82) is 0 Å². The van der Waals surface area contributed by atoms with Gasteiger partial charge < -0.3 is 4.79 Å². The van der Waals surface area contributed by atoms with E-state index in [1.807, 2.05) is 6.92 Å². The molecule has 1 fully saturated rings. The van der Waals surface area contributed by atoms with Crippen LogP contribution in [0.5, 0.6) is 0 Å². The lowest BCUT2D eigenvalue weighted by Crippen LogP contribution is -2.39. The third-order valence-corrected chi connectivity index (χ3v) is 2.29. The van der Waals surface area contributed by atoms with Crippen LogP contribution in [-0.2, 0) is 14.4 Å². The summed E-state index contributed by atoms with van der Waals surface area (Å²) in [6, 6.07) is -0.222. The molecule has 0 spiro atoms. The van der Waals surface area contributed by atoms with Crippen LogP contribution >= 0.6 is 0 Å². The molecule has 0 N–H and O–H groups in total. The standard InChI is InChI=1S/C9H13NO3/c1-2-7(5-6-11)10-8(12)3-4-9(10)13/h6-7H,2-5H2,1H3/t7-/m1/s1. The topological polar surface area (TPSA) is 54.5 Å². The zero-order chi connectivity index (χ0) is 9.84. The van der Waals surface area contributed by atoms with Crippen molar-refractivity contribution in [3.8, 4) is 0 Å². The monoisotopic (exact) mass is 183 g/mol. The van der Waals surface area contributed by atoms with Crippen molar-refractivity contribution in [2.45, 2.75) is 38.6 Å². The number of hydrogen-bond donors (Lipinski definition) is 0. The van der Waals surface area contributed by atoms with Gasteiger partial charge in [-0.25, -0.2) is 0 Å². The molecule has 0 saturated carbocycles. The molecule has 0 radical (unpaired) electrons. The SMILES string of the molecule is CC[C@H](CC=O)N1C(=O)CCC1=O. The molecule has 1 saturated heterocycles. The van der Waals surface area contributed by atoms with Gasteiger partial charge in [-0.15, -0.1) is 0 Å². The molecule has 13 heavy (non-hydrogen) atoms. The summed E-state index contributed by atoms with van der Waals surface area (Å²) in [6.07, 6.45) is 2.26.